The summed E-state index contributed by atoms with van der Waals surface area (Å²) in [5, 5.41) is 6.79. The summed E-state index contributed by atoms with van der Waals surface area (Å²) < 4.78 is 5.35. The van der Waals surface area contributed by atoms with E-state index in [0.29, 0.717) is 12.1 Å². The first kappa shape index (κ1) is 16.6. The summed E-state index contributed by atoms with van der Waals surface area (Å²) in [5.74, 6) is 0. The molecule has 5 heteroatoms. The van der Waals surface area contributed by atoms with Gasteiger partial charge in [0.05, 0.1) is 0 Å². The summed E-state index contributed by atoms with van der Waals surface area (Å²) in [7, 11) is 2.18. The SMILES string of the molecule is CN1CCC(NC2CCCC(NC(=O)OC(C)(C)C)C2)C1. The molecular weight excluding hydrogens is 266 g/mol. The lowest BCUT2D eigenvalue weighted by Gasteiger charge is -2.32. The molecule has 5 nitrogen and oxygen atoms in total. The highest BCUT2D eigenvalue weighted by Gasteiger charge is 2.28. The zero-order valence-electron chi connectivity index (χ0n) is 13.9. The Morgan fingerprint density at radius 2 is 1.86 bits per heavy atom. The fourth-order valence-corrected chi connectivity index (χ4v) is 3.35. The van der Waals surface area contributed by atoms with Gasteiger partial charge in [0.1, 0.15) is 5.60 Å². The zero-order valence-corrected chi connectivity index (χ0v) is 13.9. The minimum atomic E-state index is -0.426. The molecule has 2 N–H and O–H groups in total. The molecule has 0 aromatic heterocycles. The van der Waals surface area contributed by atoms with Crippen LogP contribution in [-0.4, -0.2) is 54.9 Å². The number of likely N-dealkylation sites (tertiary alicyclic amines) is 1. The lowest BCUT2D eigenvalue weighted by molar-refractivity contribution is 0.0488. The van der Waals surface area contributed by atoms with Crippen molar-refractivity contribution in [1.29, 1.82) is 0 Å². The number of nitrogens with one attached hydrogen (secondary N) is 2. The minimum absolute atomic E-state index is 0.241. The topological polar surface area (TPSA) is 53.6 Å². The van der Waals surface area contributed by atoms with Gasteiger partial charge in [0, 0.05) is 24.7 Å². The molecule has 2 aliphatic rings. The fraction of sp³-hybridized carbons (Fsp3) is 0.938. The molecule has 2 rings (SSSR count). The second kappa shape index (κ2) is 6.97. The van der Waals surface area contributed by atoms with Gasteiger partial charge < -0.3 is 20.3 Å². The van der Waals surface area contributed by atoms with Crippen LogP contribution in [0.25, 0.3) is 0 Å². The van der Waals surface area contributed by atoms with E-state index in [0.717, 1.165) is 19.4 Å². The number of carbonyl (C=O) groups excluding carboxylic acids is 1. The van der Waals surface area contributed by atoms with Crippen LogP contribution in [-0.2, 0) is 4.74 Å². The second-order valence-electron chi connectivity index (χ2n) is 7.62. The Morgan fingerprint density at radius 3 is 2.48 bits per heavy atom. The number of alkyl carbamates (subject to hydrolysis) is 1. The summed E-state index contributed by atoms with van der Waals surface area (Å²) in [6.07, 6.45) is 5.40. The highest BCUT2D eigenvalue weighted by Crippen LogP contribution is 2.21. The maximum atomic E-state index is 11.9. The van der Waals surface area contributed by atoms with Gasteiger partial charge in [-0.15, -0.1) is 0 Å². The van der Waals surface area contributed by atoms with E-state index in [1.807, 2.05) is 20.8 Å². The molecule has 0 aromatic rings. The van der Waals surface area contributed by atoms with E-state index in [9.17, 15) is 4.79 Å². The number of hydrogen-bond acceptors (Lipinski definition) is 4. The van der Waals surface area contributed by atoms with Crippen LogP contribution in [0.1, 0.15) is 52.9 Å². The summed E-state index contributed by atoms with van der Waals surface area (Å²) in [5.41, 5.74) is -0.426. The molecule has 21 heavy (non-hydrogen) atoms. The monoisotopic (exact) mass is 297 g/mol. The van der Waals surface area contributed by atoms with Crippen molar-refractivity contribution in [2.75, 3.05) is 20.1 Å². The number of hydrogen-bond donors (Lipinski definition) is 2. The first-order valence-electron chi connectivity index (χ1n) is 8.26. The molecule has 1 saturated carbocycles. The molecular formula is C16H31N3O2. The van der Waals surface area contributed by atoms with Crippen molar-refractivity contribution in [2.24, 2.45) is 0 Å². The maximum Gasteiger partial charge on any atom is 0.407 e. The van der Waals surface area contributed by atoms with Gasteiger partial charge in [0.15, 0.2) is 0 Å². The molecule has 1 heterocycles. The lowest BCUT2D eigenvalue weighted by atomic mass is 9.90. The number of likely N-dealkylation sites (N-methyl/N-ethyl adjacent to an activating group) is 1. The highest BCUT2D eigenvalue weighted by molar-refractivity contribution is 5.68. The average molecular weight is 297 g/mol. The molecule has 1 amide bonds. The quantitative estimate of drug-likeness (QED) is 0.838. The summed E-state index contributed by atoms with van der Waals surface area (Å²) in [4.78, 5) is 14.2. The van der Waals surface area contributed by atoms with Crippen LogP contribution in [0.15, 0.2) is 0 Å². The van der Waals surface area contributed by atoms with Crippen molar-refractivity contribution < 1.29 is 9.53 Å². The smallest absolute Gasteiger partial charge is 0.407 e. The van der Waals surface area contributed by atoms with Crippen molar-refractivity contribution in [2.45, 2.75) is 76.6 Å². The second-order valence-corrected chi connectivity index (χ2v) is 7.62. The van der Waals surface area contributed by atoms with Gasteiger partial charge in [-0.3, -0.25) is 0 Å². The van der Waals surface area contributed by atoms with E-state index in [1.54, 1.807) is 0 Å². The van der Waals surface area contributed by atoms with Gasteiger partial charge >= 0.3 is 6.09 Å². The van der Waals surface area contributed by atoms with Gasteiger partial charge in [-0.2, -0.15) is 0 Å². The third-order valence-electron chi connectivity index (χ3n) is 4.26. The van der Waals surface area contributed by atoms with Gasteiger partial charge in [-0.25, -0.2) is 4.79 Å². The third kappa shape index (κ3) is 5.83. The molecule has 122 valence electrons. The van der Waals surface area contributed by atoms with Gasteiger partial charge in [-0.05, 0) is 66.5 Å². The molecule has 0 radical (unpaired) electrons. The van der Waals surface area contributed by atoms with E-state index in [4.69, 9.17) is 4.74 Å². The number of rotatable bonds is 3. The van der Waals surface area contributed by atoms with Gasteiger partial charge in [-0.1, -0.05) is 0 Å². The van der Waals surface area contributed by atoms with Crippen LogP contribution in [0.2, 0.25) is 0 Å². The molecule has 0 bridgehead atoms. The number of carbonyl (C=O) groups is 1. The Bertz CT molecular complexity index is 354. The Balaban J connectivity index is 1.74. The molecule has 3 atom stereocenters. The molecule has 2 fully saturated rings. The van der Waals surface area contributed by atoms with Gasteiger partial charge in [0.2, 0.25) is 0 Å². The summed E-state index contributed by atoms with van der Waals surface area (Å²) in [6.45, 7) is 8.02. The van der Waals surface area contributed by atoms with Crippen LogP contribution in [0.5, 0.6) is 0 Å². The van der Waals surface area contributed by atoms with Crippen LogP contribution in [0.3, 0.4) is 0 Å². The van der Waals surface area contributed by atoms with Crippen molar-refractivity contribution in [3.8, 4) is 0 Å². The van der Waals surface area contributed by atoms with Crippen LogP contribution in [0, 0.1) is 0 Å². The van der Waals surface area contributed by atoms with Crippen molar-refractivity contribution in [3.63, 3.8) is 0 Å². The summed E-state index contributed by atoms with van der Waals surface area (Å²) in [6, 6.07) is 1.38. The number of amides is 1. The van der Waals surface area contributed by atoms with Crippen LogP contribution in [0.4, 0.5) is 4.79 Å². The molecule has 0 spiro atoms. The zero-order chi connectivity index (χ0) is 15.5. The average Bonchev–Trinajstić information content (AvgIpc) is 2.72. The third-order valence-corrected chi connectivity index (χ3v) is 4.26. The number of ether oxygens (including phenoxy) is 1. The Labute approximate surface area is 128 Å². The lowest BCUT2D eigenvalue weighted by Crippen LogP contribution is -2.48. The molecule has 1 aliphatic heterocycles. The van der Waals surface area contributed by atoms with E-state index < -0.39 is 5.60 Å². The highest BCUT2D eigenvalue weighted by atomic mass is 16.6. The molecule has 0 aromatic carbocycles. The van der Waals surface area contributed by atoms with E-state index in [2.05, 4.69) is 22.6 Å². The predicted molar refractivity (Wildman–Crippen MR) is 84.5 cm³/mol. The van der Waals surface area contributed by atoms with E-state index in [1.165, 1.54) is 25.8 Å². The van der Waals surface area contributed by atoms with Crippen molar-refractivity contribution in [3.05, 3.63) is 0 Å². The normalized spacial score (nSPS) is 31.1. The summed E-state index contributed by atoms with van der Waals surface area (Å²) >= 11 is 0. The van der Waals surface area contributed by atoms with Crippen molar-refractivity contribution in [1.82, 2.24) is 15.5 Å². The van der Waals surface area contributed by atoms with Crippen molar-refractivity contribution >= 4 is 6.09 Å². The standard InChI is InChI=1S/C16H31N3O2/c1-16(2,3)21-15(20)18-13-7-5-6-12(10-13)17-14-8-9-19(4)11-14/h12-14,17H,5-11H2,1-4H3,(H,18,20). The van der Waals surface area contributed by atoms with Gasteiger partial charge in [0.25, 0.3) is 0 Å². The molecule has 1 saturated heterocycles. The minimum Gasteiger partial charge on any atom is -0.444 e. The largest absolute Gasteiger partial charge is 0.444 e. The first-order chi connectivity index (χ1) is 9.82. The van der Waals surface area contributed by atoms with Crippen LogP contribution < -0.4 is 10.6 Å². The Kier molecular flexibility index (Phi) is 5.49. The molecule has 3 unspecified atom stereocenters. The predicted octanol–water partition coefficient (Wildman–Crippen LogP) is 2.12. The van der Waals surface area contributed by atoms with E-state index in [-0.39, 0.29) is 12.1 Å². The number of nitrogens with zero attached hydrogens (tertiary/aromatic N) is 1. The fourth-order valence-electron chi connectivity index (χ4n) is 3.35. The van der Waals surface area contributed by atoms with E-state index >= 15 is 0 Å². The maximum absolute atomic E-state index is 11.9. The van der Waals surface area contributed by atoms with Crippen LogP contribution >= 0.6 is 0 Å². The Hall–Kier alpha value is -0.810. The molecule has 1 aliphatic carbocycles. The Morgan fingerprint density at radius 1 is 1.14 bits per heavy atom. The first-order valence-corrected chi connectivity index (χ1v) is 8.26.